The van der Waals surface area contributed by atoms with Crippen molar-refractivity contribution in [2.45, 2.75) is 40.5 Å². The fourth-order valence-corrected chi connectivity index (χ4v) is 3.98. The van der Waals surface area contributed by atoms with Gasteiger partial charge in [0.2, 0.25) is 0 Å². The monoisotopic (exact) mass is 393 g/mol. The van der Waals surface area contributed by atoms with E-state index in [-0.39, 0.29) is 11.9 Å². The molecule has 1 atom stereocenters. The highest BCUT2D eigenvalue weighted by Crippen LogP contribution is 2.31. The van der Waals surface area contributed by atoms with Crippen molar-refractivity contribution in [1.29, 1.82) is 0 Å². The number of hydrogen-bond acceptors (Lipinski definition) is 6. The van der Waals surface area contributed by atoms with Crippen molar-refractivity contribution in [3.63, 3.8) is 0 Å². The Morgan fingerprint density at radius 2 is 1.93 bits per heavy atom. The quantitative estimate of drug-likeness (QED) is 0.632. The molecular weight excluding hydrogens is 366 g/mol. The van der Waals surface area contributed by atoms with Gasteiger partial charge in [-0.2, -0.15) is 5.10 Å². The molecule has 3 aromatic rings. The average molecular weight is 393 g/mol. The normalized spacial score (nSPS) is 17.0. The van der Waals surface area contributed by atoms with E-state index in [1.165, 1.54) is 5.56 Å². The number of hydrogen-bond donors (Lipinski definition) is 0. The first-order valence-electron chi connectivity index (χ1n) is 10.2. The van der Waals surface area contributed by atoms with Crippen LogP contribution in [0, 0.1) is 26.7 Å². The van der Waals surface area contributed by atoms with Gasteiger partial charge in [0.15, 0.2) is 5.65 Å². The molecule has 152 valence electrons. The predicted octanol–water partition coefficient (Wildman–Crippen LogP) is 3.52. The summed E-state index contributed by atoms with van der Waals surface area (Å²) in [6.07, 6.45) is 1.78. The zero-order valence-electron chi connectivity index (χ0n) is 17.5. The van der Waals surface area contributed by atoms with Gasteiger partial charge in [-0.15, -0.1) is 0 Å². The van der Waals surface area contributed by atoms with Crippen LogP contribution in [0.25, 0.3) is 16.7 Å². The van der Waals surface area contributed by atoms with Gasteiger partial charge < -0.3 is 9.64 Å². The molecule has 29 heavy (non-hydrogen) atoms. The molecule has 1 fully saturated rings. The van der Waals surface area contributed by atoms with Crippen LogP contribution >= 0.6 is 0 Å². The predicted molar refractivity (Wildman–Crippen MR) is 112 cm³/mol. The van der Waals surface area contributed by atoms with Gasteiger partial charge in [0, 0.05) is 13.1 Å². The molecule has 0 spiro atoms. The van der Waals surface area contributed by atoms with E-state index in [2.05, 4.69) is 36.1 Å². The van der Waals surface area contributed by atoms with Crippen LogP contribution in [-0.4, -0.2) is 45.4 Å². The average Bonchev–Trinajstić information content (AvgIpc) is 3.04. The molecule has 0 unspecified atom stereocenters. The van der Waals surface area contributed by atoms with E-state index < -0.39 is 0 Å². The van der Waals surface area contributed by atoms with Crippen molar-refractivity contribution in [1.82, 2.24) is 19.7 Å². The van der Waals surface area contributed by atoms with Crippen molar-refractivity contribution in [2.24, 2.45) is 5.92 Å². The van der Waals surface area contributed by atoms with Crippen molar-refractivity contribution in [2.75, 3.05) is 24.6 Å². The number of piperidine rings is 1. The standard InChI is InChI=1S/C22H27N5O2/c1-5-29-22(28)17-7-6-12-26(13-17)20-19-15(3)25-27(21(19)24-16(4)23-20)18-10-8-14(2)9-11-18/h8-11,17H,5-7,12-13H2,1-4H3/t17-/m1/s1. The topological polar surface area (TPSA) is 73.1 Å². The third-order valence-corrected chi connectivity index (χ3v) is 5.41. The number of esters is 1. The minimum absolute atomic E-state index is 0.119. The number of anilines is 1. The molecule has 7 heteroatoms. The van der Waals surface area contributed by atoms with E-state index >= 15 is 0 Å². The van der Waals surface area contributed by atoms with E-state index in [1.807, 2.05) is 25.5 Å². The van der Waals surface area contributed by atoms with Crippen LogP contribution in [0.1, 0.15) is 36.8 Å². The summed E-state index contributed by atoms with van der Waals surface area (Å²) in [7, 11) is 0. The fraction of sp³-hybridized carbons (Fsp3) is 0.455. The lowest BCUT2D eigenvalue weighted by Crippen LogP contribution is -2.40. The minimum atomic E-state index is -0.124. The lowest BCUT2D eigenvalue weighted by atomic mass is 9.98. The SMILES string of the molecule is CCOC(=O)[C@@H]1CCCN(c2nc(C)nc3c2c(C)nn3-c2ccc(C)cc2)C1. The maximum absolute atomic E-state index is 12.3. The Labute approximate surface area is 170 Å². The molecule has 0 amide bonds. The number of aryl methyl sites for hydroxylation is 3. The number of nitrogens with zero attached hydrogens (tertiary/aromatic N) is 5. The number of benzene rings is 1. The van der Waals surface area contributed by atoms with Crippen LogP contribution in [0.2, 0.25) is 0 Å². The fourth-order valence-electron chi connectivity index (χ4n) is 3.98. The van der Waals surface area contributed by atoms with Gasteiger partial charge in [-0.3, -0.25) is 4.79 Å². The zero-order valence-corrected chi connectivity index (χ0v) is 17.5. The summed E-state index contributed by atoms with van der Waals surface area (Å²) >= 11 is 0. The molecule has 0 radical (unpaired) electrons. The molecule has 0 bridgehead atoms. The first-order valence-corrected chi connectivity index (χ1v) is 10.2. The minimum Gasteiger partial charge on any atom is -0.466 e. The Kier molecular flexibility index (Phi) is 5.22. The molecule has 2 aromatic heterocycles. The van der Waals surface area contributed by atoms with Gasteiger partial charge in [-0.1, -0.05) is 17.7 Å². The second kappa shape index (κ2) is 7.81. The second-order valence-corrected chi connectivity index (χ2v) is 7.66. The molecule has 1 saturated heterocycles. The molecule has 3 heterocycles. The number of rotatable bonds is 4. The van der Waals surface area contributed by atoms with Crippen LogP contribution < -0.4 is 4.90 Å². The summed E-state index contributed by atoms with van der Waals surface area (Å²) in [5.41, 5.74) is 3.86. The summed E-state index contributed by atoms with van der Waals surface area (Å²) in [5, 5.41) is 5.71. The maximum Gasteiger partial charge on any atom is 0.310 e. The largest absolute Gasteiger partial charge is 0.466 e. The second-order valence-electron chi connectivity index (χ2n) is 7.66. The van der Waals surface area contributed by atoms with Crippen molar-refractivity contribution < 1.29 is 9.53 Å². The molecule has 4 rings (SSSR count). The Bertz CT molecular complexity index is 1040. The number of fused-ring (bicyclic) bond motifs is 1. The number of carbonyl (C=O) groups excluding carboxylic acids is 1. The van der Waals surface area contributed by atoms with Crippen molar-refractivity contribution in [3.8, 4) is 5.69 Å². The van der Waals surface area contributed by atoms with Gasteiger partial charge in [0.05, 0.1) is 29.3 Å². The number of carbonyl (C=O) groups is 1. The lowest BCUT2D eigenvalue weighted by molar-refractivity contribution is -0.148. The summed E-state index contributed by atoms with van der Waals surface area (Å²) in [4.78, 5) is 23.9. The Hall–Kier alpha value is -2.96. The smallest absolute Gasteiger partial charge is 0.310 e. The van der Waals surface area contributed by atoms with Crippen LogP contribution in [-0.2, 0) is 9.53 Å². The number of aromatic nitrogens is 4. The van der Waals surface area contributed by atoms with E-state index in [0.717, 1.165) is 47.6 Å². The van der Waals surface area contributed by atoms with E-state index in [9.17, 15) is 4.79 Å². The Morgan fingerprint density at radius 1 is 1.17 bits per heavy atom. The van der Waals surface area contributed by atoms with Gasteiger partial charge in [0.25, 0.3) is 0 Å². The first-order chi connectivity index (χ1) is 14.0. The summed E-state index contributed by atoms with van der Waals surface area (Å²) in [5.74, 6) is 1.31. The van der Waals surface area contributed by atoms with Crippen LogP contribution in [0.4, 0.5) is 5.82 Å². The summed E-state index contributed by atoms with van der Waals surface area (Å²) in [6.45, 7) is 9.68. The molecule has 1 aliphatic heterocycles. The van der Waals surface area contributed by atoms with Crippen LogP contribution in [0.5, 0.6) is 0 Å². The third kappa shape index (κ3) is 3.69. The summed E-state index contributed by atoms with van der Waals surface area (Å²) < 4.78 is 7.14. The molecule has 7 nitrogen and oxygen atoms in total. The Morgan fingerprint density at radius 3 is 2.66 bits per heavy atom. The van der Waals surface area contributed by atoms with Gasteiger partial charge >= 0.3 is 5.97 Å². The molecule has 0 saturated carbocycles. The van der Waals surface area contributed by atoms with Crippen molar-refractivity contribution in [3.05, 3.63) is 41.3 Å². The zero-order chi connectivity index (χ0) is 20.5. The maximum atomic E-state index is 12.3. The highest BCUT2D eigenvalue weighted by molar-refractivity contribution is 5.91. The lowest BCUT2D eigenvalue weighted by Gasteiger charge is -2.32. The number of ether oxygens (including phenoxy) is 1. The summed E-state index contributed by atoms with van der Waals surface area (Å²) in [6, 6.07) is 8.25. The molecular formula is C22H27N5O2. The molecule has 1 aliphatic rings. The molecule has 0 aliphatic carbocycles. The molecule has 0 N–H and O–H groups in total. The van der Waals surface area contributed by atoms with Crippen molar-refractivity contribution >= 4 is 22.8 Å². The van der Waals surface area contributed by atoms with E-state index in [1.54, 1.807) is 0 Å². The van der Waals surface area contributed by atoms with Gasteiger partial charge in [-0.05, 0) is 52.7 Å². The highest BCUT2D eigenvalue weighted by atomic mass is 16.5. The van der Waals surface area contributed by atoms with Crippen LogP contribution in [0.15, 0.2) is 24.3 Å². The van der Waals surface area contributed by atoms with E-state index in [0.29, 0.717) is 19.0 Å². The van der Waals surface area contributed by atoms with Gasteiger partial charge in [0.1, 0.15) is 11.6 Å². The third-order valence-electron chi connectivity index (χ3n) is 5.41. The van der Waals surface area contributed by atoms with Crippen LogP contribution in [0.3, 0.4) is 0 Å². The first kappa shape index (κ1) is 19.4. The van der Waals surface area contributed by atoms with Gasteiger partial charge in [-0.25, -0.2) is 14.6 Å². The van der Waals surface area contributed by atoms with E-state index in [4.69, 9.17) is 19.8 Å². The Balaban J connectivity index is 1.77. The molecule has 1 aromatic carbocycles. The highest BCUT2D eigenvalue weighted by Gasteiger charge is 2.30.